The van der Waals surface area contributed by atoms with E-state index in [1.54, 1.807) is 6.08 Å². The standard InChI is InChI=1S/C21H32FNO/c1-2-3-4-5-9-12-20(22)17-23-15-13-21(14-16-23)24-18-19-10-7-6-8-11-19/h6-8,10-12,21H,2-5,9,13-18H2,1H3/b20-12-. The molecular formula is C21H32FNO. The summed E-state index contributed by atoms with van der Waals surface area (Å²) >= 11 is 0. The van der Waals surface area contributed by atoms with Gasteiger partial charge in [0.05, 0.1) is 12.7 Å². The summed E-state index contributed by atoms with van der Waals surface area (Å²) in [7, 11) is 0. The Hall–Kier alpha value is -1.19. The molecule has 1 heterocycles. The van der Waals surface area contributed by atoms with Gasteiger partial charge in [0.25, 0.3) is 0 Å². The van der Waals surface area contributed by atoms with E-state index in [0.29, 0.717) is 19.3 Å². The molecule has 0 unspecified atom stereocenters. The molecule has 0 spiro atoms. The fourth-order valence-corrected chi connectivity index (χ4v) is 3.13. The Bertz CT molecular complexity index is 466. The molecule has 1 fully saturated rings. The molecule has 1 aliphatic rings. The minimum Gasteiger partial charge on any atom is -0.373 e. The van der Waals surface area contributed by atoms with Crippen LogP contribution in [0.1, 0.15) is 57.4 Å². The summed E-state index contributed by atoms with van der Waals surface area (Å²) in [6.07, 6.45) is 9.77. The lowest BCUT2D eigenvalue weighted by atomic mass is 10.1. The van der Waals surface area contributed by atoms with Crippen molar-refractivity contribution in [3.63, 3.8) is 0 Å². The SMILES string of the molecule is CCCCCC/C=C(\F)CN1CCC(OCc2ccccc2)CC1. The van der Waals surface area contributed by atoms with E-state index >= 15 is 0 Å². The van der Waals surface area contributed by atoms with Crippen molar-refractivity contribution < 1.29 is 9.13 Å². The number of unbranched alkanes of at least 4 members (excludes halogenated alkanes) is 4. The number of nitrogens with zero attached hydrogens (tertiary/aromatic N) is 1. The third-order valence-electron chi connectivity index (χ3n) is 4.66. The van der Waals surface area contributed by atoms with Crippen LogP contribution < -0.4 is 0 Å². The van der Waals surface area contributed by atoms with E-state index in [-0.39, 0.29) is 5.83 Å². The summed E-state index contributed by atoms with van der Waals surface area (Å²) in [6.45, 7) is 5.20. The molecule has 1 saturated heterocycles. The summed E-state index contributed by atoms with van der Waals surface area (Å²) in [4.78, 5) is 2.21. The van der Waals surface area contributed by atoms with Crippen molar-refractivity contribution in [1.29, 1.82) is 0 Å². The maximum atomic E-state index is 14.0. The van der Waals surface area contributed by atoms with E-state index in [1.165, 1.54) is 24.8 Å². The fourth-order valence-electron chi connectivity index (χ4n) is 3.13. The lowest BCUT2D eigenvalue weighted by Gasteiger charge is -2.31. The van der Waals surface area contributed by atoms with Crippen molar-refractivity contribution >= 4 is 0 Å². The van der Waals surface area contributed by atoms with Gasteiger partial charge in [-0.15, -0.1) is 0 Å². The predicted molar refractivity (Wildman–Crippen MR) is 98.6 cm³/mol. The Morgan fingerprint density at radius 2 is 1.92 bits per heavy atom. The summed E-state index contributed by atoms with van der Waals surface area (Å²) in [5.41, 5.74) is 1.22. The van der Waals surface area contributed by atoms with Gasteiger partial charge in [0.2, 0.25) is 0 Å². The number of benzene rings is 1. The number of rotatable bonds is 10. The summed E-state index contributed by atoms with van der Waals surface area (Å²) in [5.74, 6) is 0.0372. The summed E-state index contributed by atoms with van der Waals surface area (Å²) in [5, 5.41) is 0. The van der Waals surface area contributed by atoms with E-state index in [0.717, 1.165) is 38.8 Å². The zero-order valence-electron chi connectivity index (χ0n) is 15.1. The molecule has 0 bridgehead atoms. The highest BCUT2D eigenvalue weighted by molar-refractivity contribution is 5.13. The monoisotopic (exact) mass is 333 g/mol. The maximum Gasteiger partial charge on any atom is 0.110 e. The Morgan fingerprint density at radius 1 is 1.17 bits per heavy atom. The van der Waals surface area contributed by atoms with Crippen LogP contribution in [0.25, 0.3) is 0 Å². The molecule has 2 rings (SSSR count). The van der Waals surface area contributed by atoms with Gasteiger partial charge >= 0.3 is 0 Å². The molecule has 0 aromatic heterocycles. The van der Waals surface area contributed by atoms with Gasteiger partial charge in [0.1, 0.15) is 5.83 Å². The lowest BCUT2D eigenvalue weighted by Crippen LogP contribution is -2.37. The van der Waals surface area contributed by atoms with E-state index in [4.69, 9.17) is 4.74 Å². The first-order chi connectivity index (χ1) is 11.8. The van der Waals surface area contributed by atoms with Crippen molar-refractivity contribution in [3.05, 3.63) is 47.8 Å². The van der Waals surface area contributed by atoms with Crippen LogP contribution in [0.15, 0.2) is 42.2 Å². The molecule has 0 aliphatic carbocycles. The molecule has 0 atom stereocenters. The molecule has 2 nitrogen and oxygen atoms in total. The van der Waals surface area contributed by atoms with Gasteiger partial charge in [0.15, 0.2) is 0 Å². The van der Waals surface area contributed by atoms with E-state index in [1.807, 2.05) is 18.2 Å². The number of hydrogen-bond donors (Lipinski definition) is 0. The van der Waals surface area contributed by atoms with E-state index in [2.05, 4.69) is 24.0 Å². The zero-order valence-corrected chi connectivity index (χ0v) is 15.1. The van der Waals surface area contributed by atoms with Gasteiger partial charge in [-0.05, 0) is 31.2 Å². The summed E-state index contributed by atoms with van der Waals surface area (Å²) in [6, 6.07) is 10.3. The number of ether oxygens (including phenoxy) is 1. The zero-order chi connectivity index (χ0) is 17.0. The quantitative estimate of drug-likeness (QED) is 0.525. The van der Waals surface area contributed by atoms with Crippen molar-refractivity contribution in [2.24, 2.45) is 0 Å². The van der Waals surface area contributed by atoms with Crippen LogP contribution in [0.4, 0.5) is 4.39 Å². The minimum atomic E-state index is 0.0372. The molecule has 134 valence electrons. The summed E-state index contributed by atoms with van der Waals surface area (Å²) < 4.78 is 19.9. The molecule has 0 saturated carbocycles. The van der Waals surface area contributed by atoms with Crippen LogP contribution in [0, 0.1) is 0 Å². The molecule has 0 N–H and O–H groups in total. The van der Waals surface area contributed by atoms with Crippen LogP contribution in [-0.4, -0.2) is 30.6 Å². The Kier molecular flexibility index (Phi) is 9.07. The number of piperidine rings is 1. The van der Waals surface area contributed by atoms with Crippen molar-refractivity contribution in [1.82, 2.24) is 4.90 Å². The minimum absolute atomic E-state index is 0.0372. The second kappa shape index (κ2) is 11.4. The second-order valence-electron chi connectivity index (χ2n) is 6.77. The van der Waals surface area contributed by atoms with E-state index in [9.17, 15) is 4.39 Å². The van der Waals surface area contributed by atoms with Gasteiger partial charge < -0.3 is 4.74 Å². The Morgan fingerprint density at radius 3 is 2.62 bits per heavy atom. The molecule has 1 aliphatic heterocycles. The highest BCUT2D eigenvalue weighted by atomic mass is 19.1. The Balaban J connectivity index is 1.59. The topological polar surface area (TPSA) is 12.5 Å². The number of allylic oxidation sites excluding steroid dienone is 1. The fraction of sp³-hybridized carbons (Fsp3) is 0.619. The largest absolute Gasteiger partial charge is 0.373 e. The first kappa shape index (κ1) is 19.1. The number of hydrogen-bond acceptors (Lipinski definition) is 2. The van der Waals surface area contributed by atoms with Crippen molar-refractivity contribution in [2.75, 3.05) is 19.6 Å². The van der Waals surface area contributed by atoms with Crippen molar-refractivity contribution in [3.8, 4) is 0 Å². The first-order valence-corrected chi connectivity index (χ1v) is 9.50. The van der Waals surface area contributed by atoms with Crippen LogP contribution in [0.3, 0.4) is 0 Å². The number of halogens is 1. The van der Waals surface area contributed by atoms with Crippen molar-refractivity contribution in [2.45, 2.75) is 64.6 Å². The highest BCUT2D eigenvalue weighted by Gasteiger charge is 2.20. The molecule has 0 radical (unpaired) electrons. The normalized spacial score (nSPS) is 17.3. The molecule has 0 amide bonds. The molecule has 1 aromatic rings. The molecule has 24 heavy (non-hydrogen) atoms. The van der Waals surface area contributed by atoms with Gasteiger partial charge in [-0.1, -0.05) is 62.6 Å². The van der Waals surface area contributed by atoms with Gasteiger partial charge in [-0.3, -0.25) is 4.90 Å². The van der Waals surface area contributed by atoms with Crippen LogP contribution >= 0.6 is 0 Å². The van der Waals surface area contributed by atoms with E-state index < -0.39 is 0 Å². The smallest absolute Gasteiger partial charge is 0.110 e. The van der Waals surface area contributed by atoms with Gasteiger partial charge in [-0.25, -0.2) is 4.39 Å². The van der Waals surface area contributed by atoms with Crippen LogP contribution in [0.5, 0.6) is 0 Å². The van der Waals surface area contributed by atoms with Crippen LogP contribution in [-0.2, 0) is 11.3 Å². The first-order valence-electron chi connectivity index (χ1n) is 9.50. The second-order valence-corrected chi connectivity index (χ2v) is 6.77. The van der Waals surface area contributed by atoms with Crippen LogP contribution in [0.2, 0.25) is 0 Å². The highest BCUT2D eigenvalue weighted by Crippen LogP contribution is 2.17. The maximum absolute atomic E-state index is 14.0. The number of likely N-dealkylation sites (tertiary alicyclic amines) is 1. The average molecular weight is 333 g/mol. The Labute approximate surface area is 146 Å². The predicted octanol–water partition coefficient (Wildman–Crippen LogP) is 5.49. The average Bonchev–Trinajstić information content (AvgIpc) is 2.62. The third-order valence-corrected chi connectivity index (χ3v) is 4.66. The third kappa shape index (κ3) is 7.59. The molecule has 1 aromatic carbocycles. The van der Waals surface area contributed by atoms with Gasteiger partial charge in [-0.2, -0.15) is 0 Å². The molecular weight excluding hydrogens is 301 g/mol. The van der Waals surface area contributed by atoms with Gasteiger partial charge in [0, 0.05) is 19.6 Å². The molecule has 3 heteroatoms. The lowest BCUT2D eigenvalue weighted by molar-refractivity contribution is -0.00157.